The maximum atomic E-state index is 10.8. The molecular formula is C11H8N2OS. The Hall–Kier alpha value is -1.86. The van der Waals surface area contributed by atoms with E-state index in [1.165, 1.54) is 6.07 Å². The number of aryl methyl sites for hydroxylation is 1. The highest BCUT2D eigenvalue weighted by molar-refractivity contribution is 7.09. The van der Waals surface area contributed by atoms with E-state index >= 15 is 0 Å². The van der Waals surface area contributed by atoms with Gasteiger partial charge in [0, 0.05) is 23.2 Å². The summed E-state index contributed by atoms with van der Waals surface area (Å²) in [5.41, 5.74) is 1.43. The zero-order chi connectivity index (χ0) is 10.7. The molecule has 0 aliphatic heterocycles. The van der Waals surface area contributed by atoms with Crippen LogP contribution < -0.4 is 5.56 Å². The van der Waals surface area contributed by atoms with Crippen LogP contribution in [0, 0.1) is 18.8 Å². The summed E-state index contributed by atoms with van der Waals surface area (Å²) in [7, 11) is 0. The van der Waals surface area contributed by atoms with E-state index in [1.807, 2.05) is 12.3 Å². The van der Waals surface area contributed by atoms with Crippen LogP contribution in [0.15, 0.2) is 28.5 Å². The second-order valence-electron chi connectivity index (χ2n) is 2.94. The molecule has 0 saturated carbocycles. The lowest BCUT2D eigenvalue weighted by atomic mass is 10.3. The number of nitrogens with one attached hydrogen (secondary N) is 1. The van der Waals surface area contributed by atoms with Crippen molar-refractivity contribution in [2.45, 2.75) is 6.92 Å². The highest BCUT2D eigenvalue weighted by Gasteiger charge is 1.92. The summed E-state index contributed by atoms with van der Waals surface area (Å²) in [6.07, 6.45) is 1.59. The van der Waals surface area contributed by atoms with Crippen molar-refractivity contribution in [2.24, 2.45) is 0 Å². The van der Waals surface area contributed by atoms with Gasteiger partial charge in [0.2, 0.25) is 5.56 Å². The van der Waals surface area contributed by atoms with Gasteiger partial charge in [0.15, 0.2) is 0 Å². The molecule has 0 bridgehead atoms. The molecule has 0 unspecified atom stereocenters. The van der Waals surface area contributed by atoms with Crippen molar-refractivity contribution >= 4 is 11.3 Å². The number of H-pyrrole nitrogens is 1. The van der Waals surface area contributed by atoms with Crippen LogP contribution in [0.4, 0.5) is 0 Å². The second-order valence-corrected chi connectivity index (χ2v) is 4.01. The molecule has 0 fully saturated rings. The van der Waals surface area contributed by atoms with Gasteiger partial charge >= 0.3 is 0 Å². The molecule has 0 radical (unpaired) electrons. The lowest BCUT2D eigenvalue weighted by Crippen LogP contribution is -2.01. The highest BCUT2D eigenvalue weighted by atomic mass is 32.1. The van der Waals surface area contributed by atoms with Gasteiger partial charge in [-0.2, -0.15) is 0 Å². The quantitative estimate of drug-likeness (QED) is 0.679. The van der Waals surface area contributed by atoms with Gasteiger partial charge < -0.3 is 4.98 Å². The van der Waals surface area contributed by atoms with Crippen molar-refractivity contribution in [1.29, 1.82) is 0 Å². The normalized spacial score (nSPS) is 9.40. The van der Waals surface area contributed by atoms with Crippen LogP contribution in [0.2, 0.25) is 0 Å². The smallest absolute Gasteiger partial charge is 0.247 e. The van der Waals surface area contributed by atoms with Gasteiger partial charge in [0.1, 0.15) is 5.69 Å². The molecule has 0 aromatic carbocycles. The maximum Gasteiger partial charge on any atom is 0.247 e. The third-order valence-electron chi connectivity index (χ3n) is 1.74. The molecule has 0 spiro atoms. The fraction of sp³-hybridized carbons (Fsp3) is 0.0909. The predicted molar refractivity (Wildman–Crippen MR) is 59.9 cm³/mol. The molecule has 2 heterocycles. The number of nitrogens with zero attached hydrogens (tertiary/aromatic N) is 1. The van der Waals surface area contributed by atoms with E-state index in [0.29, 0.717) is 0 Å². The van der Waals surface area contributed by atoms with E-state index in [9.17, 15) is 4.79 Å². The van der Waals surface area contributed by atoms with E-state index in [-0.39, 0.29) is 5.56 Å². The van der Waals surface area contributed by atoms with Crippen molar-refractivity contribution in [3.05, 3.63) is 50.3 Å². The number of hydrogen-bond acceptors (Lipinski definition) is 3. The van der Waals surface area contributed by atoms with Crippen LogP contribution in [-0.2, 0) is 0 Å². The zero-order valence-electron chi connectivity index (χ0n) is 8.07. The van der Waals surface area contributed by atoms with E-state index < -0.39 is 0 Å². The third kappa shape index (κ3) is 2.55. The monoisotopic (exact) mass is 216 g/mol. The molecule has 2 aromatic heterocycles. The van der Waals surface area contributed by atoms with Crippen molar-refractivity contribution in [1.82, 2.24) is 9.97 Å². The van der Waals surface area contributed by atoms with Crippen LogP contribution >= 0.6 is 11.3 Å². The standard InChI is InChI=1S/C11H8N2OS/c1-8-13-10(7-15-8)4-2-9-3-5-11(14)12-6-9/h3,5-7H,1H3,(H,12,14). The largest absolute Gasteiger partial charge is 0.328 e. The minimum absolute atomic E-state index is 0.120. The molecular weight excluding hydrogens is 208 g/mol. The summed E-state index contributed by atoms with van der Waals surface area (Å²) in [4.78, 5) is 17.6. The molecule has 4 heteroatoms. The van der Waals surface area contributed by atoms with Gasteiger partial charge in [0.05, 0.1) is 5.01 Å². The molecule has 0 amide bonds. The molecule has 1 N–H and O–H groups in total. The maximum absolute atomic E-state index is 10.8. The zero-order valence-corrected chi connectivity index (χ0v) is 8.89. The van der Waals surface area contributed by atoms with E-state index in [2.05, 4.69) is 21.8 Å². The van der Waals surface area contributed by atoms with Gasteiger partial charge in [-0.25, -0.2) is 4.98 Å². The minimum Gasteiger partial charge on any atom is -0.328 e. The molecule has 0 aliphatic carbocycles. The van der Waals surface area contributed by atoms with Crippen LogP contribution in [0.3, 0.4) is 0 Å². The summed E-state index contributed by atoms with van der Waals surface area (Å²) in [6.45, 7) is 1.94. The Bertz CT molecular complexity index is 566. The molecule has 15 heavy (non-hydrogen) atoms. The lowest BCUT2D eigenvalue weighted by molar-refractivity contribution is 1.23. The summed E-state index contributed by atoms with van der Waals surface area (Å²) in [5, 5.41) is 2.91. The van der Waals surface area contributed by atoms with Gasteiger partial charge in [-0.1, -0.05) is 5.92 Å². The van der Waals surface area contributed by atoms with Gasteiger partial charge in [-0.05, 0) is 18.9 Å². The van der Waals surface area contributed by atoms with E-state index in [1.54, 1.807) is 23.6 Å². The van der Waals surface area contributed by atoms with Crippen LogP contribution in [0.25, 0.3) is 0 Å². The number of rotatable bonds is 0. The number of pyridine rings is 1. The summed E-state index contributed by atoms with van der Waals surface area (Å²) in [5.74, 6) is 5.85. The molecule has 0 atom stereocenters. The first-order valence-corrected chi connectivity index (χ1v) is 5.25. The van der Waals surface area contributed by atoms with E-state index in [0.717, 1.165) is 16.3 Å². The van der Waals surface area contributed by atoms with Gasteiger partial charge in [-0.15, -0.1) is 11.3 Å². The summed E-state index contributed by atoms with van der Waals surface area (Å²) >= 11 is 1.57. The fourth-order valence-corrected chi connectivity index (χ4v) is 1.59. The SMILES string of the molecule is Cc1nc(C#Cc2ccc(=O)[nH]c2)cs1. The Morgan fingerprint density at radius 1 is 1.40 bits per heavy atom. The average Bonchev–Trinajstić information content (AvgIpc) is 2.64. The molecule has 2 aromatic rings. The Kier molecular flexibility index (Phi) is 2.66. The highest BCUT2D eigenvalue weighted by Crippen LogP contribution is 2.06. The summed E-state index contributed by atoms with van der Waals surface area (Å²) < 4.78 is 0. The van der Waals surface area contributed by atoms with E-state index in [4.69, 9.17) is 0 Å². The lowest BCUT2D eigenvalue weighted by Gasteiger charge is -1.85. The first kappa shape index (κ1) is 9.69. The number of thiazole rings is 1. The minimum atomic E-state index is -0.120. The number of hydrogen-bond donors (Lipinski definition) is 1. The Morgan fingerprint density at radius 2 is 2.27 bits per heavy atom. The third-order valence-corrected chi connectivity index (χ3v) is 2.51. The second kappa shape index (κ2) is 4.11. The molecule has 2 rings (SSSR count). The Balaban J connectivity index is 2.25. The van der Waals surface area contributed by atoms with Crippen LogP contribution in [0.5, 0.6) is 0 Å². The summed E-state index contributed by atoms with van der Waals surface area (Å²) in [6, 6.07) is 3.14. The van der Waals surface area contributed by atoms with Crippen LogP contribution in [0.1, 0.15) is 16.3 Å². The number of aromatic amines is 1. The van der Waals surface area contributed by atoms with Crippen LogP contribution in [-0.4, -0.2) is 9.97 Å². The number of aromatic nitrogens is 2. The van der Waals surface area contributed by atoms with Gasteiger partial charge in [0.25, 0.3) is 0 Å². The Labute approximate surface area is 90.8 Å². The average molecular weight is 216 g/mol. The topological polar surface area (TPSA) is 45.8 Å². The predicted octanol–water partition coefficient (Wildman–Crippen LogP) is 1.54. The molecule has 3 nitrogen and oxygen atoms in total. The van der Waals surface area contributed by atoms with Crippen molar-refractivity contribution in [3.63, 3.8) is 0 Å². The molecule has 74 valence electrons. The fourth-order valence-electron chi connectivity index (χ4n) is 1.05. The molecule has 0 saturated heterocycles. The van der Waals surface area contributed by atoms with Crippen molar-refractivity contribution < 1.29 is 0 Å². The first-order chi connectivity index (χ1) is 7.24. The van der Waals surface area contributed by atoms with Crippen molar-refractivity contribution in [3.8, 4) is 11.8 Å². The first-order valence-electron chi connectivity index (χ1n) is 4.37. The van der Waals surface area contributed by atoms with Crippen molar-refractivity contribution in [2.75, 3.05) is 0 Å². The van der Waals surface area contributed by atoms with Gasteiger partial charge in [-0.3, -0.25) is 4.79 Å². The molecule has 0 aliphatic rings. The Morgan fingerprint density at radius 3 is 2.87 bits per heavy atom.